The van der Waals surface area contributed by atoms with Crippen molar-refractivity contribution in [2.45, 2.75) is 46.8 Å². The fourth-order valence-electron chi connectivity index (χ4n) is 0.918. The van der Waals surface area contributed by atoms with Gasteiger partial charge in [0.15, 0.2) is 0 Å². The van der Waals surface area contributed by atoms with Crippen LogP contribution < -0.4 is 0 Å². The number of rotatable bonds is 5. The third-order valence-electron chi connectivity index (χ3n) is 2.25. The van der Waals surface area contributed by atoms with Crippen molar-refractivity contribution in [2.75, 3.05) is 0 Å². The highest BCUT2D eigenvalue weighted by Gasteiger charge is 2.05. The second-order valence-electron chi connectivity index (χ2n) is 3.50. The summed E-state index contributed by atoms with van der Waals surface area (Å²) in [4.78, 5) is 0. The summed E-state index contributed by atoms with van der Waals surface area (Å²) in [5, 5.41) is 0. The van der Waals surface area contributed by atoms with Crippen molar-refractivity contribution in [3.05, 3.63) is 0 Å². The molecular formula is C9H20B. The van der Waals surface area contributed by atoms with E-state index in [0.717, 1.165) is 11.8 Å². The van der Waals surface area contributed by atoms with Gasteiger partial charge in [-0.05, 0) is 11.8 Å². The predicted molar refractivity (Wildman–Crippen MR) is 49.7 cm³/mol. The monoisotopic (exact) mass is 139 g/mol. The van der Waals surface area contributed by atoms with E-state index in [1.807, 2.05) is 0 Å². The smallest absolute Gasteiger partial charge is 0.0831 e. The summed E-state index contributed by atoms with van der Waals surface area (Å²) in [5.74, 6) is 1.74. The Morgan fingerprint density at radius 1 is 1.20 bits per heavy atom. The molecule has 0 aliphatic heterocycles. The van der Waals surface area contributed by atoms with Crippen LogP contribution in [0.25, 0.3) is 0 Å². The third kappa shape index (κ3) is 4.90. The molecule has 59 valence electrons. The Hall–Kier alpha value is 0.0649. The molecule has 0 aromatic heterocycles. The van der Waals surface area contributed by atoms with Crippen LogP contribution in [0.1, 0.15) is 34.1 Å². The Morgan fingerprint density at radius 2 is 1.80 bits per heavy atom. The molecule has 1 atom stereocenters. The minimum absolute atomic E-state index is 0.852. The average Bonchev–Trinajstić information content (AvgIpc) is 1.88. The zero-order valence-corrected chi connectivity index (χ0v) is 7.85. The SMILES string of the molecule is CC[B]CCC(C)C(C)C. The summed E-state index contributed by atoms with van der Waals surface area (Å²) in [6, 6.07) is 0. The van der Waals surface area contributed by atoms with Crippen LogP contribution in [0.5, 0.6) is 0 Å². The lowest BCUT2D eigenvalue weighted by Crippen LogP contribution is -2.04. The standard InChI is InChI=1S/C9H20B/c1-5-10-7-6-9(4)8(2)3/h8-9H,5-7H2,1-4H3. The van der Waals surface area contributed by atoms with Gasteiger partial charge < -0.3 is 0 Å². The van der Waals surface area contributed by atoms with Crippen molar-refractivity contribution < 1.29 is 0 Å². The molecule has 1 heteroatoms. The molecule has 0 aromatic carbocycles. The number of hydrogen-bond acceptors (Lipinski definition) is 0. The van der Waals surface area contributed by atoms with Crippen molar-refractivity contribution in [1.82, 2.24) is 0 Å². The molecule has 0 amide bonds. The molecular weight excluding hydrogens is 119 g/mol. The van der Waals surface area contributed by atoms with Gasteiger partial charge in [0.05, 0.1) is 0 Å². The van der Waals surface area contributed by atoms with E-state index in [9.17, 15) is 0 Å². The minimum Gasteiger partial charge on any atom is -0.0831 e. The van der Waals surface area contributed by atoms with E-state index in [1.165, 1.54) is 19.1 Å². The summed E-state index contributed by atoms with van der Waals surface area (Å²) in [6.07, 6.45) is 3.90. The van der Waals surface area contributed by atoms with Gasteiger partial charge in [0.25, 0.3) is 0 Å². The topological polar surface area (TPSA) is 0 Å². The Kier molecular flexibility index (Phi) is 5.86. The van der Waals surface area contributed by atoms with E-state index in [0.29, 0.717) is 0 Å². The van der Waals surface area contributed by atoms with Gasteiger partial charge in [0.1, 0.15) is 7.28 Å². The first-order valence-electron chi connectivity index (χ1n) is 4.50. The van der Waals surface area contributed by atoms with E-state index < -0.39 is 0 Å². The number of hydrogen-bond donors (Lipinski definition) is 0. The van der Waals surface area contributed by atoms with Crippen LogP contribution in [0, 0.1) is 11.8 Å². The zero-order chi connectivity index (χ0) is 7.98. The molecule has 1 radical (unpaired) electrons. The summed E-state index contributed by atoms with van der Waals surface area (Å²) in [5.41, 5.74) is 0. The lowest BCUT2D eigenvalue weighted by atomic mass is 9.68. The molecule has 0 aliphatic carbocycles. The van der Waals surface area contributed by atoms with E-state index >= 15 is 0 Å². The van der Waals surface area contributed by atoms with E-state index in [1.54, 1.807) is 0 Å². The second-order valence-corrected chi connectivity index (χ2v) is 3.50. The molecule has 10 heavy (non-hydrogen) atoms. The molecule has 0 spiro atoms. The molecule has 0 aromatic rings. The largest absolute Gasteiger partial charge is 0.109 e. The maximum absolute atomic E-state index is 2.37. The Labute approximate surface area is 66.6 Å². The Morgan fingerprint density at radius 3 is 2.20 bits per heavy atom. The molecule has 0 saturated carbocycles. The van der Waals surface area contributed by atoms with Crippen molar-refractivity contribution in [1.29, 1.82) is 0 Å². The fraction of sp³-hybridized carbons (Fsp3) is 1.00. The molecule has 1 unspecified atom stereocenters. The normalized spacial score (nSPS) is 13.7. The third-order valence-corrected chi connectivity index (χ3v) is 2.25. The lowest BCUT2D eigenvalue weighted by Gasteiger charge is -2.14. The zero-order valence-electron chi connectivity index (χ0n) is 7.85. The van der Waals surface area contributed by atoms with Crippen molar-refractivity contribution in [3.63, 3.8) is 0 Å². The molecule has 0 aliphatic rings. The molecule has 0 nitrogen and oxygen atoms in total. The van der Waals surface area contributed by atoms with E-state index in [4.69, 9.17) is 0 Å². The molecule has 0 N–H and O–H groups in total. The maximum Gasteiger partial charge on any atom is 0.109 e. The van der Waals surface area contributed by atoms with Gasteiger partial charge in [-0.1, -0.05) is 46.8 Å². The fourth-order valence-corrected chi connectivity index (χ4v) is 0.918. The highest BCUT2D eigenvalue weighted by Crippen LogP contribution is 2.15. The quantitative estimate of drug-likeness (QED) is 0.405. The van der Waals surface area contributed by atoms with Gasteiger partial charge >= 0.3 is 0 Å². The maximum atomic E-state index is 2.37. The molecule has 0 saturated heterocycles. The minimum atomic E-state index is 0.852. The summed E-state index contributed by atoms with van der Waals surface area (Å²) >= 11 is 0. The first-order chi connectivity index (χ1) is 4.68. The van der Waals surface area contributed by atoms with E-state index in [-0.39, 0.29) is 0 Å². The van der Waals surface area contributed by atoms with Gasteiger partial charge in [-0.3, -0.25) is 0 Å². The Bertz CT molecular complexity index is 69.1. The Balaban J connectivity index is 3.13. The van der Waals surface area contributed by atoms with Crippen molar-refractivity contribution >= 4 is 7.28 Å². The van der Waals surface area contributed by atoms with Crippen LogP contribution in [0.4, 0.5) is 0 Å². The predicted octanol–water partition coefficient (Wildman–Crippen LogP) is 3.23. The van der Waals surface area contributed by atoms with Crippen LogP contribution in [-0.2, 0) is 0 Å². The van der Waals surface area contributed by atoms with Crippen molar-refractivity contribution in [3.8, 4) is 0 Å². The molecule has 0 bridgehead atoms. The van der Waals surface area contributed by atoms with Crippen LogP contribution >= 0.6 is 0 Å². The average molecular weight is 139 g/mol. The first-order valence-corrected chi connectivity index (χ1v) is 4.50. The first kappa shape index (κ1) is 10.1. The van der Waals surface area contributed by atoms with Gasteiger partial charge in [0.2, 0.25) is 0 Å². The molecule has 0 heterocycles. The van der Waals surface area contributed by atoms with Crippen LogP contribution in [0.15, 0.2) is 0 Å². The summed E-state index contributed by atoms with van der Waals surface area (Å²) in [7, 11) is 2.37. The van der Waals surface area contributed by atoms with Crippen LogP contribution in [0.3, 0.4) is 0 Å². The highest BCUT2D eigenvalue weighted by molar-refractivity contribution is 6.35. The van der Waals surface area contributed by atoms with Crippen LogP contribution in [0.2, 0.25) is 12.6 Å². The van der Waals surface area contributed by atoms with Crippen LogP contribution in [-0.4, -0.2) is 7.28 Å². The van der Waals surface area contributed by atoms with E-state index in [2.05, 4.69) is 35.0 Å². The van der Waals surface area contributed by atoms with Gasteiger partial charge in [-0.2, -0.15) is 0 Å². The second kappa shape index (κ2) is 5.82. The molecule has 0 fully saturated rings. The lowest BCUT2D eigenvalue weighted by molar-refractivity contribution is 0.407. The van der Waals surface area contributed by atoms with Gasteiger partial charge in [-0.25, -0.2) is 0 Å². The summed E-state index contributed by atoms with van der Waals surface area (Å²) < 4.78 is 0. The van der Waals surface area contributed by atoms with Gasteiger partial charge in [0, 0.05) is 0 Å². The summed E-state index contributed by atoms with van der Waals surface area (Å²) in [6.45, 7) is 9.15. The highest BCUT2D eigenvalue weighted by atomic mass is 14.1. The van der Waals surface area contributed by atoms with Crippen molar-refractivity contribution in [2.24, 2.45) is 11.8 Å². The molecule has 0 rings (SSSR count). The van der Waals surface area contributed by atoms with Gasteiger partial charge in [-0.15, -0.1) is 0 Å².